The molecule has 5 heterocycles. The quantitative estimate of drug-likeness (QED) is 0.612. The van der Waals surface area contributed by atoms with Crippen LogP contribution in [-0.2, 0) is 17.7 Å². The van der Waals surface area contributed by atoms with E-state index in [-0.39, 0.29) is 5.88 Å². The van der Waals surface area contributed by atoms with Gasteiger partial charge in [0.2, 0.25) is 5.88 Å². The van der Waals surface area contributed by atoms with E-state index in [4.69, 9.17) is 14.6 Å². The summed E-state index contributed by atoms with van der Waals surface area (Å²) in [6.07, 6.45) is 7.36. The second-order valence-corrected chi connectivity index (χ2v) is 8.95. The predicted octanol–water partition coefficient (Wildman–Crippen LogP) is 2.95. The van der Waals surface area contributed by atoms with Crippen LogP contribution in [0.1, 0.15) is 25.8 Å². The van der Waals surface area contributed by atoms with Crippen LogP contribution in [-0.4, -0.2) is 69.0 Å². The van der Waals surface area contributed by atoms with Crippen LogP contribution in [0.2, 0.25) is 0 Å². The van der Waals surface area contributed by atoms with Crippen LogP contribution in [0.25, 0.3) is 16.9 Å². The van der Waals surface area contributed by atoms with Gasteiger partial charge < -0.3 is 19.7 Å². The van der Waals surface area contributed by atoms with Gasteiger partial charge in [-0.05, 0) is 32.7 Å². The van der Waals surface area contributed by atoms with Gasteiger partial charge in [0.25, 0.3) is 0 Å². The van der Waals surface area contributed by atoms with Crippen molar-refractivity contribution in [3.63, 3.8) is 0 Å². The van der Waals surface area contributed by atoms with Crippen LogP contribution >= 0.6 is 0 Å². The Kier molecular flexibility index (Phi) is 6.03. The summed E-state index contributed by atoms with van der Waals surface area (Å²) >= 11 is 0. The van der Waals surface area contributed by atoms with E-state index >= 15 is 0 Å². The Bertz CT molecular complexity index is 1130. The summed E-state index contributed by atoms with van der Waals surface area (Å²) in [5.74, 6) is 0.798. The molecule has 0 unspecified atom stereocenters. The summed E-state index contributed by atoms with van der Waals surface area (Å²) in [5.41, 5.74) is 3.29. The van der Waals surface area contributed by atoms with E-state index in [9.17, 15) is 4.39 Å². The Morgan fingerprint density at radius 2 is 2.21 bits per heavy atom. The number of aromatic nitrogens is 5. The largest absolute Gasteiger partial charge is 0.479 e. The highest BCUT2D eigenvalue weighted by atomic mass is 19.1. The molecule has 1 fully saturated rings. The lowest BCUT2D eigenvalue weighted by atomic mass is 10.1. The third kappa shape index (κ3) is 4.32. The number of anilines is 1. The number of fused-ring (bicyclic) bond motifs is 1. The van der Waals surface area contributed by atoms with Gasteiger partial charge in [0.15, 0.2) is 5.82 Å². The van der Waals surface area contributed by atoms with Crippen molar-refractivity contribution in [3.05, 3.63) is 36.0 Å². The van der Waals surface area contributed by atoms with Gasteiger partial charge in [-0.2, -0.15) is 10.2 Å². The van der Waals surface area contributed by atoms with Gasteiger partial charge in [-0.25, -0.2) is 14.1 Å². The Hall–Kier alpha value is -2.98. The average Bonchev–Trinajstić information content (AvgIpc) is 3.50. The molecule has 0 radical (unpaired) electrons. The number of ether oxygens (including phenoxy) is 2. The highest BCUT2D eigenvalue weighted by molar-refractivity contribution is 5.70. The maximum absolute atomic E-state index is 14.4. The number of hydrogen-bond acceptors (Lipinski definition) is 7. The number of likely N-dealkylation sites (tertiary alicyclic amines) is 1. The first-order valence-electron chi connectivity index (χ1n) is 11.4. The van der Waals surface area contributed by atoms with Gasteiger partial charge in [0.1, 0.15) is 18.2 Å². The first kappa shape index (κ1) is 21.8. The maximum atomic E-state index is 14.4. The Morgan fingerprint density at radius 3 is 2.97 bits per heavy atom. The van der Waals surface area contributed by atoms with Crippen LogP contribution < -0.4 is 10.1 Å². The number of nitrogens with zero attached hydrogens (tertiary/aromatic N) is 6. The van der Waals surface area contributed by atoms with Crippen LogP contribution in [0, 0.1) is 11.7 Å². The van der Waals surface area contributed by atoms with Gasteiger partial charge in [0, 0.05) is 48.9 Å². The van der Waals surface area contributed by atoms with Crippen molar-refractivity contribution in [2.75, 3.05) is 38.9 Å². The van der Waals surface area contributed by atoms with Crippen molar-refractivity contribution in [1.82, 2.24) is 29.4 Å². The monoisotopic (exact) mass is 455 g/mol. The number of methoxy groups -OCH3 is 1. The molecule has 0 aliphatic carbocycles. The molecule has 3 aromatic rings. The van der Waals surface area contributed by atoms with E-state index in [0.717, 1.165) is 42.3 Å². The van der Waals surface area contributed by atoms with E-state index in [0.29, 0.717) is 37.4 Å². The fourth-order valence-corrected chi connectivity index (χ4v) is 4.67. The third-order valence-electron chi connectivity index (χ3n) is 6.45. The highest BCUT2D eigenvalue weighted by Gasteiger charge is 2.26. The molecule has 0 spiro atoms. The summed E-state index contributed by atoms with van der Waals surface area (Å²) < 4.78 is 28.6. The molecular weight excluding hydrogens is 425 g/mol. The number of halogens is 1. The summed E-state index contributed by atoms with van der Waals surface area (Å²) in [4.78, 5) is 6.59. The molecule has 0 bridgehead atoms. The zero-order chi connectivity index (χ0) is 22.9. The molecule has 5 rings (SSSR count). The van der Waals surface area contributed by atoms with Gasteiger partial charge in [0.05, 0.1) is 31.8 Å². The van der Waals surface area contributed by atoms with Crippen molar-refractivity contribution in [3.8, 4) is 22.8 Å². The molecule has 0 saturated carbocycles. The van der Waals surface area contributed by atoms with E-state index in [1.54, 1.807) is 10.9 Å². The molecule has 0 amide bonds. The van der Waals surface area contributed by atoms with E-state index in [1.807, 2.05) is 10.9 Å². The minimum Gasteiger partial charge on any atom is -0.479 e. The second-order valence-electron chi connectivity index (χ2n) is 8.95. The lowest BCUT2D eigenvalue weighted by molar-refractivity contribution is 0.159. The summed E-state index contributed by atoms with van der Waals surface area (Å²) in [6, 6.07) is 1.95. The van der Waals surface area contributed by atoms with Gasteiger partial charge in [-0.3, -0.25) is 4.68 Å². The van der Waals surface area contributed by atoms with Gasteiger partial charge >= 0.3 is 0 Å². The maximum Gasteiger partial charge on any atom is 0.250 e. The fourth-order valence-electron chi connectivity index (χ4n) is 4.67. The normalized spacial score (nSPS) is 18.9. The molecule has 33 heavy (non-hydrogen) atoms. The SMILES string of the molecule is COc1ncc(-n2nc(-c3cnn(C[C@@H]4CCN(C(C)C)C4)c3)c3c2NCOCC3)cc1F. The van der Waals surface area contributed by atoms with Crippen molar-refractivity contribution < 1.29 is 13.9 Å². The summed E-state index contributed by atoms with van der Waals surface area (Å²) in [7, 11) is 1.39. The molecule has 0 aromatic carbocycles. The topological polar surface area (TPSA) is 82.3 Å². The molecule has 1 saturated heterocycles. The minimum atomic E-state index is -0.537. The molecule has 10 heteroatoms. The van der Waals surface area contributed by atoms with Crippen molar-refractivity contribution in [2.45, 2.75) is 39.3 Å². The third-order valence-corrected chi connectivity index (χ3v) is 6.45. The standard InChI is InChI=1S/C23H30FN7O2/c1-15(2)29-6-4-16(11-29)12-30-13-17(9-27-30)21-19-5-7-33-14-26-22(19)31(28-21)18-8-20(24)23(32-3)25-10-18/h8-10,13,15-16,26H,4-7,11-12,14H2,1-3H3/t16-/m1/s1. The first-order valence-corrected chi connectivity index (χ1v) is 11.4. The fraction of sp³-hybridized carbons (Fsp3) is 0.522. The molecular formula is C23H30FN7O2. The van der Waals surface area contributed by atoms with E-state index in [2.05, 4.69) is 40.3 Å². The van der Waals surface area contributed by atoms with Crippen LogP contribution in [0.15, 0.2) is 24.7 Å². The molecule has 3 aromatic heterocycles. The smallest absolute Gasteiger partial charge is 0.250 e. The van der Waals surface area contributed by atoms with E-state index < -0.39 is 5.82 Å². The van der Waals surface area contributed by atoms with Gasteiger partial charge in [-0.1, -0.05) is 0 Å². The van der Waals surface area contributed by atoms with Crippen molar-refractivity contribution in [1.29, 1.82) is 0 Å². The summed E-state index contributed by atoms with van der Waals surface area (Å²) in [5, 5.41) is 12.7. The lowest BCUT2D eigenvalue weighted by Crippen LogP contribution is -2.28. The van der Waals surface area contributed by atoms with Crippen LogP contribution in [0.5, 0.6) is 5.88 Å². The number of nitrogens with one attached hydrogen (secondary N) is 1. The zero-order valence-electron chi connectivity index (χ0n) is 19.3. The summed E-state index contributed by atoms with van der Waals surface area (Å²) in [6.45, 7) is 8.57. The average molecular weight is 456 g/mol. The molecule has 2 aliphatic rings. The number of rotatable bonds is 6. The van der Waals surface area contributed by atoms with Crippen LogP contribution in [0.3, 0.4) is 0 Å². The molecule has 1 atom stereocenters. The Labute approximate surface area is 192 Å². The molecule has 176 valence electrons. The number of pyridine rings is 1. The molecule has 2 aliphatic heterocycles. The second kappa shape index (κ2) is 9.11. The predicted molar refractivity (Wildman–Crippen MR) is 122 cm³/mol. The lowest BCUT2D eigenvalue weighted by Gasteiger charge is -2.20. The Balaban J connectivity index is 1.45. The van der Waals surface area contributed by atoms with Crippen LogP contribution in [0.4, 0.5) is 10.2 Å². The molecule has 1 N–H and O–H groups in total. The number of hydrogen-bond donors (Lipinski definition) is 1. The zero-order valence-corrected chi connectivity index (χ0v) is 19.3. The van der Waals surface area contributed by atoms with Gasteiger partial charge in [-0.15, -0.1) is 0 Å². The Morgan fingerprint density at radius 1 is 1.33 bits per heavy atom. The van der Waals surface area contributed by atoms with Crippen molar-refractivity contribution >= 4 is 5.82 Å². The first-order chi connectivity index (χ1) is 16.0. The minimum absolute atomic E-state index is 0.0438. The molecule has 9 nitrogen and oxygen atoms in total. The highest BCUT2D eigenvalue weighted by Crippen LogP contribution is 2.33. The van der Waals surface area contributed by atoms with E-state index in [1.165, 1.54) is 19.6 Å². The van der Waals surface area contributed by atoms with Crippen molar-refractivity contribution in [2.24, 2.45) is 5.92 Å².